The number of hydrogen-bond acceptors (Lipinski definition) is 3. The van der Waals surface area contributed by atoms with Crippen molar-refractivity contribution in [3.8, 4) is 5.75 Å². The molecule has 3 rings (SSSR count). The highest BCUT2D eigenvalue weighted by molar-refractivity contribution is 9.10. The van der Waals surface area contributed by atoms with Crippen molar-refractivity contribution in [2.45, 2.75) is 18.9 Å². The van der Waals surface area contributed by atoms with Crippen LogP contribution >= 0.6 is 15.9 Å². The molecule has 0 radical (unpaired) electrons. The molecule has 21 heavy (non-hydrogen) atoms. The number of methoxy groups -OCH3 is 1. The van der Waals surface area contributed by atoms with Crippen LogP contribution in [0.5, 0.6) is 5.75 Å². The summed E-state index contributed by atoms with van der Waals surface area (Å²) in [7, 11) is 1.55. The molecule has 2 unspecified atom stereocenters. The first kappa shape index (κ1) is 14.4. The average Bonchev–Trinajstić information content (AvgIpc) is 2.88. The molecule has 2 fully saturated rings. The summed E-state index contributed by atoms with van der Waals surface area (Å²) in [6.45, 7) is 1.24. The van der Waals surface area contributed by atoms with Gasteiger partial charge in [-0.15, -0.1) is 0 Å². The minimum absolute atomic E-state index is 0.0351. The van der Waals surface area contributed by atoms with Gasteiger partial charge in [0.05, 0.1) is 24.6 Å². The smallest absolute Gasteiger partial charge is 0.257 e. The summed E-state index contributed by atoms with van der Waals surface area (Å²) in [6, 6.07) is 5.34. The van der Waals surface area contributed by atoms with E-state index in [0.717, 1.165) is 17.3 Å². The fraction of sp³-hybridized carbons (Fsp3) is 0.467. The van der Waals surface area contributed by atoms with Gasteiger partial charge in [-0.05, 0) is 31.0 Å². The summed E-state index contributed by atoms with van der Waals surface area (Å²) in [5.74, 6) is 0.490. The van der Waals surface area contributed by atoms with Crippen LogP contribution < -0.4 is 10.1 Å². The van der Waals surface area contributed by atoms with E-state index in [1.165, 1.54) is 0 Å². The van der Waals surface area contributed by atoms with E-state index in [0.29, 0.717) is 24.4 Å². The van der Waals surface area contributed by atoms with Crippen LogP contribution in [-0.2, 0) is 4.79 Å². The van der Waals surface area contributed by atoms with Gasteiger partial charge in [-0.2, -0.15) is 0 Å². The highest BCUT2D eigenvalue weighted by Gasteiger charge is 2.43. The Hall–Kier alpha value is -1.56. The van der Waals surface area contributed by atoms with Gasteiger partial charge in [0.1, 0.15) is 5.75 Å². The molecule has 1 aromatic carbocycles. The second kappa shape index (κ2) is 5.67. The molecule has 2 heterocycles. The van der Waals surface area contributed by atoms with E-state index in [9.17, 15) is 9.59 Å². The molecular weight excluding hydrogens is 336 g/mol. The Kier molecular flexibility index (Phi) is 3.89. The van der Waals surface area contributed by atoms with E-state index < -0.39 is 0 Å². The number of fused-ring (bicyclic) bond motifs is 1. The summed E-state index contributed by atoms with van der Waals surface area (Å²) in [5.41, 5.74) is 0.542. The summed E-state index contributed by atoms with van der Waals surface area (Å²) in [5, 5.41) is 2.86. The number of ether oxygens (including phenoxy) is 1. The Balaban J connectivity index is 1.89. The van der Waals surface area contributed by atoms with Crippen LogP contribution in [0.2, 0.25) is 0 Å². The summed E-state index contributed by atoms with van der Waals surface area (Å²) in [6.07, 6.45) is 1.72. The summed E-state index contributed by atoms with van der Waals surface area (Å²) >= 11 is 3.38. The highest BCUT2D eigenvalue weighted by atomic mass is 79.9. The van der Waals surface area contributed by atoms with Crippen molar-refractivity contribution in [3.63, 3.8) is 0 Å². The molecule has 6 heteroatoms. The minimum Gasteiger partial charge on any atom is -0.496 e. The number of piperidine rings is 1. The molecule has 1 aromatic rings. The monoisotopic (exact) mass is 352 g/mol. The van der Waals surface area contributed by atoms with Crippen LogP contribution in [0.4, 0.5) is 0 Å². The number of rotatable bonds is 2. The molecule has 2 aliphatic rings. The molecule has 0 saturated carbocycles. The summed E-state index contributed by atoms with van der Waals surface area (Å²) < 4.78 is 6.18. The number of hydrogen-bond donors (Lipinski definition) is 1. The first-order valence-corrected chi connectivity index (χ1v) is 7.83. The van der Waals surface area contributed by atoms with E-state index in [1.54, 1.807) is 19.2 Å². The first-order valence-electron chi connectivity index (χ1n) is 7.04. The summed E-state index contributed by atoms with van der Waals surface area (Å²) in [4.78, 5) is 26.4. The van der Waals surface area contributed by atoms with Crippen molar-refractivity contribution in [1.82, 2.24) is 10.2 Å². The molecule has 2 saturated heterocycles. The van der Waals surface area contributed by atoms with E-state index in [4.69, 9.17) is 4.74 Å². The van der Waals surface area contributed by atoms with E-state index >= 15 is 0 Å². The lowest BCUT2D eigenvalue weighted by atomic mass is 9.91. The second-order valence-electron chi connectivity index (χ2n) is 5.40. The molecule has 1 N–H and O–H groups in total. The van der Waals surface area contributed by atoms with Crippen LogP contribution in [-0.4, -0.2) is 43.0 Å². The number of likely N-dealkylation sites (tertiary alicyclic amines) is 1. The van der Waals surface area contributed by atoms with Crippen molar-refractivity contribution in [3.05, 3.63) is 28.2 Å². The molecule has 2 aliphatic heterocycles. The van der Waals surface area contributed by atoms with Gasteiger partial charge in [-0.25, -0.2) is 0 Å². The van der Waals surface area contributed by atoms with Gasteiger partial charge >= 0.3 is 0 Å². The Morgan fingerprint density at radius 1 is 1.48 bits per heavy atom. The van der Waals surface area contributed by atoms with Crippen LogP contribution in [0.25, 0.3) is 0 Å². The largest absolute Gasteiger partial charge is 0.496 e. The topological polar surface area (TPSA) is 58.6 Å². The first-order chi connectivity index (χ1) is 10.1. The fourth-order valence-corrected chi connectivity index (χ4v) is 3.54. The maximum Gasteiger partial charge on any atom is 0.257 e. The molecule has 0 spiro atoms. The lowest BCUT2D eigenvalue weighted by molar-refractivity contribution is -0.123. The Morgan fingerprint density at radius 3 is 3.05 bits per heavy atom. The lowest BCUT2D eigenvalue weighted by Crippen LogP contribution is -2.48. The lowest BCUT2D eigenvalue weighted by Gasteiger charge is -2.36. The third-order valence-corrected chi connectivity index (χ3v) is 4.75. The zero-order valence-electron chi connectivity index (χ0n) is 11.8. The highest BCUT2D eigenvalue weighted by Crippen LogP contribution is 2.31. The average molecular weight is 353 g/mol. The standard InChI is InChI=1S/C15H17BrN2O3/c1-21-13-7-9(16)4-5-11(13)15(20)18-6-2-3-10-12(18)8-17-14(10)19/h4-5,7,10,12H,2-3,6,8H2,1H3,(H,17,19). The number of nitrogens with one attached hydrogen (secondary N) is 1. The molecule has 2 amide bonds. The predicted octanol–water partition coefficient (Wildman–Crippen LogP) is 1.81. The maximum absolute atomic E-state index is 12.8. The number of halogens is 1. The number of carbonyl (C=O) groups is 2. The quantitative estimate of drug-likeness (QED) is 0.882. The fourth-order valence-electron chi connectivity index (χ4n) is 3.20. The molecule has 112 valence electrons. The number of nitrogens with zero attached hydrogens (tertiary/aromatic N) is 1. The van der Waals surface area contributed by atoms with Crippen molar-refractivity contribution in [1.29, 1.82) is 0 Å². The van der Waals surface area contributed by atoms with Crippen LogP contribution in [0.1, 0.15) is 23.2 Å². The van der Waals surface area contributed by atoms with E-state index in [2.05, 4.69) is 21.2 Å². The van der Waals surface area contributed by atoms with Crippen molar-refractivity contribution in [2.75, 3.05) is 20.2 Å². The van der Waals surface area contributed by atoms with Gasteiger partial charge in [0.25, 0.3) is 5.91 Å². The number of benzene rings is 1. The van der Waals surface area contributed by atoms with Gasteiger partial charge in [0.2, 0.25) is 5.91 Å². The Labute approximate surface area is 131 Å². The Morgan fingerprint density at radius 2 is 2.29 bits per heavy atom. The van der Waals surface area contributed by atoms with E-state index in [1.807, 2.05) is 11.0 Å². The van der Waals surface area contributed by atoms with Gasteiger partial charge in [-0.3, -0.25) is 9.59 Å². The van der Waals surface area contributed by atoms with Gasteiger partial charge in [0, 0.05) is 17.6 Å². The molecular formula is C15H17BrN2O3. The molecule has 5 nitrogen and oxygen atoms in total. The number of amides is 2. The van der Waals surface area contributed by atoms with Crippen LogP contribution in [0, 0.1) is 5.92 Å². The van der Waals surface area contributed by atoms with Crippen LogP contribution in [0.3, 0.4) is 0 Å². The van der Waals surface area contributed by atoms with Gasteiger partial charge < -0.3 is 15.0 Å². The second-order valence-corrected chi connectivity index (χ2v) is 6.32. The third-order valence-electron chi connectivity index (χ3n) is 4.26. The maximum atomic E-state index is 12.8. The number of carbonyl (C=O) groups excluding carboxylic acids is 2. The molecule has 0 bridgehead atoms. The van der Waals surface area contributed by atoms with Gasteiger partial charge in [0.15, 0.2) is 0 Å². The third kappa shape index (κ3) is 2.52. The molecule has 2 atom stereocenters. The van der Waals surface area contributed by atoms with Crippen molar-refractivity contribution < 1.29 is 14.3 Å². The van der Waals surface area contributed by atoms with Gasteiger partial charge in [-0.1, -0.05) is 15.9 Å². The van der Waals surface area contributed by atoms with Crippen molar-refractivity contribution in [2.24, 2.45) is 5.92 Å². The molecule has 0 aliphatic carbocycles. The zero-order valence-corrected chi connectivity index (χ0v) is 13.4. The minimum atomic E-state index is -0.0656. The van der Waals surface area contributed by atoms with Crippen molar-refractivity contribution >= 4 is 27.7 Å². The predicted molar refractivity (Wildman–Crippen MR) is 81.3 cm³/mol. The molecule has 0 aromatic heterocycles. The van der Waals surface area contributed by atoms with E-state index in [-0.39, 0.29) is 23.8 Å². The zero-order chi connectivity index (χ0) is 15.0. The normalized spacial score (nSPS) is 24.5. The SMILES string of the molecule is COc1cc(Br)ccc1C(=O)N1CCCC2C(=O)NCC21. The van der Waals surface area contributed by atoms with Crippen LogP contribution in [0.15, 0.2) is 22.7 Å². The Bertz CT molecular complexity index is 590.